The van der Waals surface area contributed by atoms with E-state index in [2.05, 4.69) is 26.1 Å². The maximum Gasteiger partial charge on any atom is 0.251 e. The fraction of sp³-hybridized carbons (Fsp3) is 0.500. The largest absolute Gasteiger partial charge is 0.507 e. The molecule has 4 nitrogen and oxygen atoms in total. The van der Waals surface area contributed by atoms with Crippen molar-refractivity contribution in [2.24, 2.45) is 0 Å². The van der Waals surface area contributed by atoms with Crippen molar-refractivity contribution in [2.45, 2.75) is 19.3 Å². The van der Waals surface area contributed by atoms with Crippen molar-refractivity contribution < 1.29 is 9.90 Å². The fourth-order valence-electron chi connectivity index (χ4n) is 2.27. The third-order valence-corrected chi connectivity index (χ3v) is 4.01. The number of likely N-dealkylation sites (tertiary alicyclic amines) is 1. The molecule has 1 amide bonds. The van der Waals surface area contributed by atoms with E-state index in [0.717, 1.165) is 13.0 Å². The number of halogens is 1. The first-order chi connectivity index (χ1) is 9.16. The molecule has 0 bridgehead atoms. The molecule has 0 aliphatic carbocycles. The summed E-state index contributed by atoms with van der Waals surface area (Å²) in [4.78, 5) is 14.3. The topological polar surface area (TPSA) is 52.6 Å². The molecule has 2 N–H and O–H groups in total. The third kappa shape index (κ3) is 4.21. The number of nitrogens with zero attached hydrogens (tertiary/aromatic N) is 1. The van der Waals surface area contributed by atoms with Crippen molar-refractivity contribution in [2.75, 3.05) is 26.2 Å². The van der Waals surface area contributed by atoms with Gasteiger partial charge in [0.2, 0.25) is 0 Å². The fourth-order valence-corrected chi connectivity index (χ4v) is 2.51. The van der Waals surface area contributed by atoms with Gasteiger partial charge >= 0.3 is 0 Å². The maximum atomic E-state index is 11.9. The van der Waals surface area contributed by atoms with Gasteiger partial charge in [-0.15, -0.1) is 0 Å². The maximum absolute atomic E-state index is 11.9. The lowest BCUT2D eigenvalue weighted by Crippen LogP contribution is -2.28. The van der Waals surface area contributed by atoms with Gasteiger partial charge in [-0.25, -0.2) is 0 Å². The minimum atomic E-state index is -0.135. The number of rotatable bonds is 5. The van der Waals surface area contributed by atoms with E-state index in [-0.39, 0.29) is 11.7 Å². The molecule has 1 aromatic rings. The van der Waals surface area contributed by atoms with Crippen molar-refractivity contribution in [1.82, 2.24) is 10.2 Å². The summed E-state index contributed by atoms with van der Waals surface area (Å²) in [5, 5.41) is 12.4. The number of amides is 1. The van der Waals surface area contributed by atoms with Crippen LogP contribution in [0.25, 0.3) is 0 Å². The minimum absolute atomic E-state index is 0.0877. The molecule has 0 unspecified atom stereocenters. The minimum Gasteiger partial charge on any atom is -0.507 e. The Bertz CT molecular complexity index is 445. The summed E-state index contributed by atoms with van der Waals surface area (Å²) in [5.74, 6) is -0.0473. The Morgan fingerprint density at radius 2 is 2.11 bits per heavy atom. The molecule has 1 aliphatic heterocycles. The van der Waals surface area contributed by atoms with Crippen LogP contribution in [-0.4, -0.2) is 42.1 Å². The first-order valence-corrected chi connectivity index (χ1v) is 7.45. The van der Waals surface area contributed by atoms with Crippen LogP contribution >= 0.6 is 15.9 Å². The highest BCUT2D eigenvalue weighted by atomic mass is 79.9. The number of nitrogens with one attached hydrogen (secondary N) is 1. The Labute approximate surface area is 121 Å². The number of aromatic hydroxyl groups is 1. The van der Waals surface area contributed by atoms with Gasteiger partial charge in [-0.05, 0) is 73.0 Å². The van der Waals surface area contributed by atoms with Crippen LogP contribution in [0.4, 0.5) is 0 Å². The molecular weight excluding hydrogens is 308 g/mol. The van der Waals surface area contributed by atoms with Crippen LogP contribution in [0.5, 0.6) is 5.75 Å². The quantitative estimate of drug-likeness (QED) is 0.817. The SMILES string of the molecule is O=C(NCCCN1CCCC1)c1ccc(Br)c(O)c1. The van der Waals surface area contributed by atoms with E-state index in [0.29, 0.717) is 16.6 Å². The van der Waals surface area contributed by atoms with Gasteiger partial charge in [0.25, 0.3) is 5.91 Å². The van der Waals surface area contributed by atoms with Gasteiger partial charge < -0.3 is 15.3 Å². The van der Waals surface area contributed by atoms with E-state index in [1.807, 2.05) is 0 Å². The Balaban J connectivity index is 1.72. The van der Waals surface area contributed by atoms with Gasteiger partial charge in [0.05, 0.1) is 4.47 Å². The molecular formula is C14H19BrN2O2. The van der Waals surface area contributed by atoms with Gasteiger partial charge in [0.15, 0.2) is 0 Å². The van der Waals surface area contributed by atoms with Crippen molar-refractivity contribution in [3.8, 4) is 5.75 Å². The molecule has 0 saturated carbocycles. The number of phenolic OH excluding ortho intramolecular Hbond substituents is 1. The molecule has 1 aliphatic rings. The van der Waals surface area contributed by atoms with Crippen LogP contribution in [0.1, 0.15) is 29.6 Å². The molecule has 1 fully saturated rings. The highest BCUT2D eigenvalue weighted by Crippen LogP contribution is 2.24. The number of benzene rings is 1. The lowest BCUT2D eigenvalue weighted by molar-refractivity contribution is 0.0951. The summed E-state index contributed by atoms with van der Waals surface area (Å²) < 4.78 is 0.595. The van der Waals surface area contributed by atoms with E-state index in [1.54, 1.807) is 12.1 Å². The molecule has 0 aromatic heterocycles. The van der Waals surface area contributed by atoms with Crippen LogP contribution in [-0.2, 0) is 0 Å². The van der Waals surface area contributed by atoms with E-state index < -0.39 is 0 Å². The van der Waals surface area contributed by atoms with Gasteiger partial charge in [0.1, 0.15) is 5.75 Å². The molecule has 5 heteroatoms. The Morgan fingerprint density at radius 1 is 1.37 bits per heavy atom. The van der Waals surface area contributed by atoms with Crippen LogP contribution < -0.4 is 5.32 Å². The molecule has 19 heavy (non-hydrogen) atoms. The molecule has 104 valence electrons. The van der Waals surface area contributed by atoms with E-state index >= 15 is 0 Å². The average molecular weight is 327 g/mol. The molecule has 1 saturated heterocycles. The number of hydrogen-bond donors (Lipinski definition) is 2. The zero-order chi connectivity index (χ0) is 13.7. The van der Waals surface area contributed by atoms with Crippen molar-refractivity contribution >= 4 is 21.8 Å². The van der Waals surface area contributed by atoms with Crippen molar-refractivity contribution in [3.05, 3.63) is 28.2 Å². The second-order valence-corrected chi connectivity index (χ2v) is 5.68. The van der Waals surface area contributed by atoms with Crippen molar-refractivity contribution in [3.63, 3.8) is 0 Å². The van der Waals surface area contributed by atoms with Crippen LogP contribution in [0.3, 0.4) is 0 Å². The smallest absolute Gasteiger partial charge is 0.251 e. The summed E-state index contributed by atoms with van der Waals surface area (Å²) in [6, 6.07) is 4.84. The second-order valence-electron chi connectivity index (χ2n) is 4.82. The Hall–Kier alpha value is -1.07. The molecule has 1 aromatic carbocycles. The van der Waals surface area contributed by atoms with E-state index in [4.69, 9.17) is 0 Å². The number of phenols is 1. The van der Waals surface area contributed by atoms with Crippen LogP contribution in [0.15, 0.2) is 22.7 Å². The van der Waals surface area contributed by atoms with Gasteiger partial charge in [-0.3, -0.25) is 4.79 Å². The summed E-state index contributed by atoms with van der Waals surface area (Å²) in [6.45, 7) is 4.10. The monoisotopic (exact) mass is 326 g/mol. The van der Waals surface area contributed by atoms with E-state index in [1.165, 1.54) is 32.0 Å². The predicted molar refractivity (Wildman–Crippen MR) is 78.4 cm³/mol. The predicted octanol–water partition coefficient (Wildman–Crippen LogP) is 2.37. The first-order valence-electron chi connectivity index (χ1n) is 6.66. The first kappa shape index (κ1) is 14.3. The summed E-state index contributed by atoms with van der Waals surface area (Å²) in [6.07, 6.45) is 3.56. The zero-order valence-corrected chi connectivity index (χ0v) is 12.4. The lowest BCUT2D eigenvalue weighted by atomic mass is 10.2. The highest BCUT2D eigenvalue weighted by molar-refractivity contribution is 9.10. The number of hydrogen-bond acceptors (Lipinski definition) is 3. The lowest BCUT2D eigenvalue weighted by Gasteiger charge is -2.14. The Morgan fingerprint density at radius 3 is 2.79 bits per heavy atom. The molecule has 1 heterocycles. The molecule has 0 radical (unpaired) electrons. The van der Waals surface area contributed by atoms with Crippen molar-refractivity contribution in [1.29, 1.82) is 0 Å². The van der Waals surface area contributed by atoms with Crippen LogP contribution in [0.2, 0.25) is 0 Å². The van der Waals surface area contributed by atoms with Crippen LogP contribution in [0, 0.1) is 0 Å². The normalized spacial score (nSPS) is 15.6. The number of carbonyl (C=O) groups is 1. The van der Waals surface area contributed by atoms with Gasteiger partial charge in [-0.1, -0.05) is 0 Å². The summed E-state index contributed by atoms with van der Waals surface area (Å²) >= 11 is 3.19. The van der Waals surface area contributed by atoms with Gasteiger partial charge in [-0.2, -0.15) is 0 Å². The second kappa shape index (κ2) is 6.91. The Kier molecular flexibility index (Phi) is 5.22. The van der Waals surface area contributed by atoms with E-state index in [9.17, 15) is 9.90 Å². The number of carbonyl (C=O) groups excluding carboxylic acids is 1. The molecule has 0 atom stereocenters. The summed E-state index contributed by atoms with van der Waals surface area (Å²) in [5.41, 5.74) is 0.488. The highest BCUT2D eigenvalue weighted by Gasteiger charge is 2.11. The standard InChI is InChI=1S/C14H19BrN2O2/c15-12-5-4-11(10-13(12)18)14(19)16-6-3-9-17-7-1-2-8-17/h4-5,10,18H,1-3,6-9H2,(H,16,19). The molecule has 2 rings (SSSR count). The molecule has 0 spiro atoms. The summed E-state index contributed by atoms with van der Waals surface area (Å²) in [7, 11) is 0. The average Bonchev–Trinajstić information content (AvgIpc) is 2.91. The third-order valence-electron chi connectivity index (χ3n) is 3.34. The van der Waals surface area contributed by atoms with Gasteiger partial charge in [0, 0.05) is 12.1 Å². The zero-order valence-electron chi connectivity index (χ0n) is 10.9.